The molecule has 9 heteroatoms. The van der Waals surface area contributed by atoms with E-state index in [1.807, 2.05) is 30.3 Å². The predicted molar refractivity (Wildman–Crippen MR) is 126 cm³/mol. The van der Waals surface area contributed by atoms with Crippen LogP contribution in [-0.2, 0) is 16.1 Å². The number of aromatic nitrogens is 2. The molecule has 36 heavy (non-hydrogen) atoms. The SMILES string of the molecule is Cc1oc(C#Cc2ncoc2NC(=O)OCc2ccccc2)nc1OC1=CC2(C)CC2C(=O)C12CC2. The summed E-state index contributed by atoms with van der Waals surface area (Å²) in [6, 6.07) is 9.31. The normalized spacial score (nSPS) is 22.7. The van der Waals surface area contributed by atoms with Crippen molar-refractivity contribution in [1.29, 1.82) is 0 Å². The summed E-state index contributed by atoms with van der Waals surface area (Å²) < 4.78 is 22.2. The second-order valence-corrected chi connectivity index (χ2v) is 9.67. The van der Waals surface area contributed by atoms with Crippen LogP contribution >= 0.6 is 0 Å². The number of nitrogens with zero attached hydrogens (tertiary/aromatic N) is 2. The summed E-state index contributed by atoms with van der Waals surface area (Å²) >= 11 is 0. The smallest absolute Gasteiger partial charge is 0.414 e. The van der Waals surface area contributed by atoms with E-state index in [4.69, 9.17) is 18.3 Å². The largest absolute Gasteiger partial charge is 0.444 e. The van der Waals surface area contributed by atoms with Crippen LogP contribution in [0.1, 0.15) is 49.1 Å². The lowest BCUT2D eigenvalue weighted by molar-refractivity contribution is -0.126. The molecule has 1 amide bonds. The van der Waals surface area contributed by atoms with Gasteiger partial charge < -0.3 is 18.3 Å². The molecular formula is C27H23N3O6. The van der Waals surface area contributed by atoms with E-state index in [2.05, 4.69) is 40.1 Å². The lowest BCUT2D eigenvalue weighted by Gasteiger charge is -2.24. The number of carbonyl (C=O) groups excluding carboxylic acids is 2. The van der Waals surface area contributed by atoms with Crippen LogP contribution in [0, 0.1) is 35.5 Å². The summed E-state index contributed by atoms with van der Waals surface area (Å²) in [6.07, 6.45) is 5.06. The Morgan fingerprint density at radius 3 is 2.83 bits per heavy atom. The highest BCUT2D eigenvalue weighted by molar-refractivity contribution is 5.96. The van der Waals surface area contributed by atoms with E-state index >= 15 is 0 Å². The minimum absolute atomic E-state index is 0.0501. The summed E-state index contributed by atoms with van der Waals surface area (Å²) in [5.74, 6) is 7.55. The molecule has 0 aliphatic heterocycles. The fraction of sp³-hybridized carbons (Fsp3) is 0.333. The van der Waals surface area contributed by atoms with Crippen molar-refractivity contribution in [3.05, 3.63) is 71.5 Å². The summed E-state index contributed by atoms with van der Waals surface area (Å²) in [5.41, 5.74) is 0.442. The molecule has 2 heterocycles. The van der Waals surface area contributed by atoms with Crippen LogP contribution in [0.2, 0.25) is 0 Å². The van der Waals surface area contributed by atoms with Gasteiger partial charge in [-0.05, 0) is 49.2 Å². The van der Waals surface area contributed by atoms with Gasteiger partial charge in [0.15, 0.2) is 23.6 Å². The first kappa shape index (κ1) is 22.2. The van der Waals surface area contributed by atoms with Gasteiger partial charge in [0, 0.05) is 11.8 Å². The molecule has 2 atom stereocenters. The van der Waals surface area contributed by atoms with Gasteiger partial charge in [-0.1, -0.05) is 37.3 Å². The van der Waals surface area contributed by atoms with Gasteiger partial charge in [0.25, 0.3) is 11.8 Å². The summed E-state index contributed by atoms with van der Waals surface area (Å²) in [7, 11) is 0. The van der Waals surface area contributed by atoms with E-state index in [0.717, 1.165) is 24.8 Å². The molecule has 6 rings (SSSR count). The molecule has 2 aromatic heterocycles. The Bertz CT molecular complexity index is 1450. The molecule has 0 saturated heterocycles. The number of carbonyl (C=O) groups is 2. The monoisotopic (exact) mass is 485 g/mol. The number of benzene rings is 1. The maximum absolute atomic E-state index is 12.9. The number of aryl methyl sites for hydroxylation is 1. The number of ketones is 1. The minimum atomic E-state index is -0.697. The zero-order chi connectivity index (χ0) is 24.9. The Labute approximate surface area is 206 Å². The molecule has 1 aromatic carbocycles. The Kier molecular flexibility index (Phi) is 5.00. The lowest BCUT2D eigenvalue weighted by atomic mass is 9.84. The van der Waals surface area contributed by atoms with Crippen molar-refractivity contribution in [2.24, 2.45) is 16.7 Å². The Balaban J connectivity index is 1.13. The zero-order valence-corrected chi connectivity index (χ0v) is 19.8. The molecule has 2 fully saturated rings. The molecule has 3 aromatic rings. The van der Waals surface area contributed by atoms with Crippen molar-refractivity contribution in [3.8, 4) is 17.7 Å². The van der Waals surface area contributed by atoms with Crippen LogP contribution < -0.4 is 10.1 Å². The first-order chi connectivity index (χ1) is 17.4. The van der Waals surface area contributed by atoms with Crippen molar-refractivity contribution in [1.82, 2.24) is 9.97 Å². The number of amides is 1. The third kappa shape index (κ3) is 3.94. The average Bonchev–Trinajstić information content (AvgIpc) is 3.71. The van der Waals surface area contributed by atoms with Crippen molar-refractivity contribution < 1.29 is 27.9 Å². The lowest BCUT2D eigenvalue weighted by Crippen LogP contribution is -2.29. The van der Waals surface area contributed by atoms with Gasteiger partial charge in [-0.2, -0.15) is 4.98 Å². The molecule has 1 N–H and O–H groups in total. The standard InChI is InChI=1S/C27H23N3O6/c1-16-23(36-20-13-26(2)12-18(26)22(31)27(20)10-11-27)29-21(35-16)9-8-19-24(34-15-28-19)30-25(32)33-14-17-6-4-3-5-7-17/h3-7,13,15,18H,10-12,14H2,1-2H3,(H,30,32). The highest BCUT2D eigenvalue weighted by Crippen LogP contribution is 2.68. The number of fused-ring (bicyclic) bond motifs is 1. The van der Waals surface area contributed by atoms with Gasteiger partial charge in [-0.15, -0.1) is 0 Å². The molecule has 2 saturated carbocycles. The highest BCUT2D eigenvalue weighted by atomic mass is 16.6. The Morgan fingerprint density at radius 2 is 2.06 bits per heavy atom. The molecule has 1 spiro atoms. The minimum Gasteiger partial charge on any atom is -0.444 e. The molecule has 2 unspecified atom stereocenters. The molecule has 3 aliphatic rings. The van der Waals surface area contributed by atoms with Crippen LogP contribution in [0.25, 0.3) is 0 Å². The Morgan fingerprint density at radius 1 is 1.25 bits per heavy atom. The van der Waals surface area contributed by atoms with E-state index in [-0.39, 0.29) is 47.1 Å². The van der Waals surface area contributed by atoms with E-state index in [0.29, 0.717) is 11.5 Å². The molecule has 182 valence electrons. The summed E-state index contributed by atoms with van der Waals surface area (Å²) in [5, 5.41) is 2.49. The maximum Gasteiger partial charge on any atom is 0.414 e. The quantitative estimate of drug-likeness (QED) is 0.514. The van der Waals surface area contributed by atoms with Gasteiger partial charge in [0.1, 0.15) is 12.4 Å². The topological polar surface area (TPSA) is 117 Å². The number of hydrogen-bond acceptors (Lipinski definition) is 8. The molecule has 9 nitrogen and oxygen atoms in total. The van der Waals surface area contributed by atoms with Crippen molar-refractivity contribution >= 4 is 17.8 Å². The average molecular weight is 485 g/mol. The predicted octanol–water partition coefficient (Wildman–Crippen LogP) is 4.77. The number of nitrogens with one attached hydrogen (secondary N) is 1. The second-order valence-electron chi connectivity index (χ2n) is 9.67. The van der Waals surface area contributed by atoms with Gasteiger partial charge in [0.05, 0.1) is 5.41 Å². The number of allylic oxidation sites excluding steroid dienone is 2. The second kappa shape index (κ2) is 8.12. The van der Waals surface area contributed by atoms with Gasteiger partial charge >= 0.3 is 6.09 Å². The number of Topliss-reactive ketones (excluding diaryl/α,β-unsaturated/α-hetero) is 1. The van der Waals surface area contributed by atoms with E-state index in [1.165, 1.54) is 6.39 Å². The molecule has 0 bridgehead atoms. The van der Waals surface area contributed by atoms with Crippen molar-refractivity contribution in [2.45, 2.75) is 39.7 Å². The maximum atomic E-state index is 12.9. The van der Waals surface area contributed by atoms with Crippen molar-refractivity contribution in [2.75, 3.05) is 5.32 Å². The Hall–Kier alpha value is -4.32. The number of anilines is 1. The highest BCUT2D eigenvalue weighted by Gasteiger charge is 2.68. The summed E-state index contributed by atoms with van der Waals surface area (Å²) in [4.78, 5) is 33.4. The number of hydrogen-bond donors (Lipinski definition) is 1. The third-order valence-corrected chi connectivity index (χ3v) is 6.99. The molecule has 3 aliphatic carbocycles. The fourth-order valence-electron chi connectivity index (χ4n) is 4.59. The van der Waals surface area contributed by atoms with Crippen LogP contribution in [0.3, 0.4) is 0 Å². The first-order valence-electron chi connectivity index (χ1n) is 11.7. The van der Waals surface area contributed by atoms with E-state index in [1.54, 1.807) is 6.92 Å². The third-order valence-electron chi connectivity index (χ3n) is 6.99. The van der Waals surface area contributed by atoms with Gasteiger partial charge in [-0.25, -0.2) is 9.78 Å². The number of oxazole rings is 2. The van der Waals surface area contributed by atoms with Crippen LogP contribution in [0.5, 0.6) is 5.88 Å². The van der Waals surface area contributed by atoms with Crippen LogP contribution in [0.15, 0.2) is 57.4 Å². The molecular weight excluding hydrogens is 462 g/mol. The van der Waals surface area contributed by atoms with E-state index < -0.39 is 11.5 Å². The van der Waals surface area contributed by atoms with Gasteiger partial charge in [0.2, 0.25) is 5.88 Å². The number of rotatable bonds is 5. The zero-order valence-electron chi connectivity index (χ0n) is 19.8. The first-order valence-corrected chi connectivity index (χ1v) is 11.7. The van der Waals surface area contributed by atoms with Gasteiger partial charge in [-0.3, -0.25) is 10.1 Å². The van der Waals surface area contributed by atoms with Crippen LogP contribution in [-0.4, -0.2) is 21.8 Å². The fourth-order valence-corrected chi connectivity index (χ4v) is 4.59. The van der Waals surface area contributed by atoms with Crippen molar-refractivity contribution in [3.63, 3.8) is 0 Å². The van der Waals surface area contributed by atoms with Crippen LogP contribution in [0.4, 0.5) is 10.7 Å². The van der Waals surface area contributed by atoms with E-state index in [9.17, 15) is 9.59 Å². The summed E-state index contributed by atoms with van der Waals surface area (Å²) in [6.45, 7) is 3.93. The molecule has 0 radical (unpaired) electrons. The number of ether oxygens (including phenoxy) is 2.